The lowest BCUT2D eigenvalue weighted by atomic mass is 10.2. The van der Waals surface area contributed by atoms with Crippen molar-refractivity contribution in [1.29, 1.82) is 0 Å². The Balaban J connectivity index is 1.43. The van der Waals surface area contributed by atoms with E-state index in [4.69, 9.17) is 4.52 Å². The summed E-state index contributed by atoms with van der Waals surface area (Å²) in [6.45, 7) is 4.84. The van der Waals surface area contributed by atoms with Crippen molar-refractivity contribution in [1.82, 2.24) is 29.2 Å². The summed E-state index contributed by atoms with van der Waals surface area (Å²) >= 11 is 0. The van der Waals surface area contributed by atoms with Crippen molar-refractivity contribution >= 4 is 20.9 Å². The highest BCUT2D eigenvalue weighted by Gasteiger charge is 2.32. The van der Waals surface area contributed by atoms with Gasteiger partial charge in [0.2, 0.25) is 10.0 Å². The smallest absolute Gasteiger partial charge is 0.274 e. The molecule has 0 aliphatic carbocycles. The Bertz CT molecular complexity index is 1290. The van der Waals surface area contributed by atoms with Crippen LogP contribution in [0.1, 0.15) is 30.1 Å². The van der Waals surface area contributed by atoms with Gasteiger partial charge in [-0.25, -0.2) is 8.42 Å². The molecule has 1 N–H and O–H groups in total. The maximum absolute atomic E-state index is 13.0. The Hall–Kier alpha value is -2.98. The SMILES string of the molecule is Cc1nn(Cc2noc(-c3cc4ccccc4[nH]3)n2)c(C)c1S(=O)(=O)N1CCCC1. The molecule has 0 bridgehead atoms. The molecule has 0 amide bonds. The molecule has 1 aliphatic heterocycles. The first-order valence-corrected chi connectivity index (χ1v) is 11.3. The van der Waals surface area contributed by atoms with E-state index >= 15 is 0 Å². The van der Waals surface area contributed by atoms with Gasteiger partial charge in [-0.05, 0) is 38.8 Å². The first kappa shape index (κ1) is 19.0. The Kier molecular flexibility index (Phi) is 4.48. The lowest BCUT2D eigenvalue weighted by Gasteiger charge is -2.15. The molecule has 0 spiro atoms. The molecule has 1 fully saturated rings. The standard InChI is InChI=1S/C20H22N6O3S/c1-13-19(30(27,28)25-9-5-6-10-25)14(2)26(23-13)12-18-22-20(29-24-18)17-11-15-7-3-4-8-16(15)21-17/h3-4,7-8,11,21H,5-6,9-10,12H2,1-2H3. The van der Waals surface area contributed by atoms with Crippen LogP contribution in [-0.2, 0) is 16.6 Å². The van der Waals surface area contributed by atoms with E-state index in [0.717, 1.165) is 29.4 Å². The maximum atomic E-state index is 13.0. The average molecular weight is 427 g/mol. The number of aromatic amines is 1. The third-order valence-corrected chi connectivity index (χ3v) is 7.65. The van der Waals surface area contributed by atoms with E-state index in [1.54, 1.807) is 18.5 Å². The molecule has 1 saturated heterocycles. The lowest BCUT2D eigenvalue weighted by Crippen LogP contribution is -2.28. The fraction of sp³-hybridized carbons (Fsp3) is 0.350. The lowest BCUT2D eigenvalue weighted by molar-refractivity contribution is 0.417. The van der Waals surface area contributed by atoms with E-state index in [1.807, 2.05) is 30.3 Å². The fourth-order valence-electron chi connectivity index (χ4n) is 4.02. The van der Waals surface area contributed by atoms with Gasteiger partial charge in [-0.3, -0.25) is 4.68 Å². The summed E-state index contributed by atoms with van der Waals surface area (Å²) in [5.41, 5.74) is 2.79. The van der Waals surface area contributed by atoms with Crippen molar-refractivity contribution in [2.75, 3.05) is 13.1 Å². The molecular formula is C20H22N6O3S. The van der Waals surface area contributed by atoms with Crippen LogP contribution in [0, 0.1) is 13.8 Å². The van der Waals surface area contributed by atoms with Gasteiger partial charge in [0.25, 0.3) is 5.89 Å². The molecule has 10 heteroatoms. The van der Waals surface area contributed by atoms with Crippen molar-refractivity contribution in [2.24, 2.45) is 0 Å². The second-order valence-corrected chi connectivity index (χ2v) is 9.43. The highest BCUT2D eigenvalue weighted by Crippen LogP contribution is 2.27. The number of benzene rings is 1. The monoisotopic (exact) mass is 426 g/mol. The van der Waals surface area contributed by atoms with Gasteiger partial charge in [-0.1, -0.05) is 23.4 Å². The van der Waals surface area contributed by atoms with Crippen molar-refractivity contribution < 1.29 is 12.9 Å². The molecule has 0 radical (unpaired) electrons. The summed E-state index contributed by atoms with van der Waals surface area (Å²) in [6, 6.07) is 9.87. The molecule has 4 heterocycles. The van der Waals surface area contributed by atoms with Crippen molar-refractivity contribution in [3.05, 3.63) is 47.5 Å². The molecule has 0 atom stereocenters. The molecule has 5 rings (SSSR count). The largest absolute Gasteiger partial charge is 0.351 e. The molecule has 156 valence electrons. The summed E-state index contributed by atoms with van der Waals surface area (Å²) in [6.07, 6.45) is 1.79. The molecular weight excluding hydrogens is 404 g/mol. The number of nitrogens with one attached hydrogen (secondary N) is 1. The number of rotatable bonds is 5. The summed E-state index contributed by atoms with van der Waals surface area (Å²) in [5, 5.41) is 9.55. The molecule has 9 nitrogen and oxygen atoms in total. The minimum atomic E-state index is -3.54. The number of hydrogen-bond acceptors (Lipinski definition) is 6. The molecule has 1 aliphatic rings. The zero-order valence-electron chi connectivity index (χ0n) is 16.8. The number of nitrogens with zero attached hydrogens (tertiary/aromatic N) is 5. The summed E-state index contributed by atoms with van der Waals surface area (Å²) < 4.78 is 34.6. The minimum absolute atomic E-state index is 0.228. The quantitative estimate of drug-likeness (QED) is 0.525. The van der Waals surface area contributed by atoms with Gasteiger partial charge in [-0.2, -0.15) is 14.4 Å². The fourth-order valence-corrected chi connectivity index (χ4v) is 5.91. The Morgan fingerprint density at radius 2 is 1.93 bits per heavy atom. The molecule has 3 aromatic heterocycles. The second-order valence-electron chi connectivity index (χ2n) is 7.55. The number of aromatic nitrogens is 5. The third-order valence-electron chi connectivity index (χ3n) is 5.50. The zero-order chi connectivity index (χ0) is 20.9. The average Bonchev–Trinajstić information content (AvgIpc) is 3.49. The highest BCUT2D eigenvalue weighted by molar-refractivity contribution is 7.89. The van der Waals surface area contributed by atoms with Crippen LogP contribution >= 0.6 is 0 Å². The number of para-hydroxylation sites is 1. The predicted octanol–water partition coefficient (Wildman–Crippen LogP) is 2.86. The molecule has 30 heavy (non-hydrogen) atoms. The summed E-state index contributed by atoms with van der Waals surface area (Å²) in [4.78, 5) is 8.00. The molecule has 4 aromatic rings. The van der Waals surface area contributed by atoms with Crippen LogP contribution in [0.15, 0.2) is 39.8 Å². The molecule has 1 aromatic carbocycles. The highest BCUT2D eigenvalue weighted by atomic mass is 32.2. The van der Waals surface area contributed by atoms with Gasteiger partial charge in [-0.15, -0.1) is 0 Å². The van der Waals surface area contributed by atoms with Gasteiger partial charge in [0.05, 0.1) is 11.4 Å². The summed E-state index contributed by atoms with van der Waals surface area (Å²) in [7, 11) is -3.54. The van der Waals surface area contributed by atoms with E-state index < -0.39 is 10.0 Å². The first-order valence-electron chi connectivity index (χ1n) is 9.88. The topological polar surface area (TPSA) is 110 Å². The minimum Gasteiger partial charge on any atom is -0.351 e. The van der Waals surface area contributed by atoms with E-state index in [0.29, 0.717) is 36.2 Å². The van der Waals surface area contributed by atoms with Crippen LogP contribution in [0.25, 0.3) is 22.5 Å². The van der Waals surface area contributed by atoms with Gasteiger partial charge in [0, 0.05) is 24.0 Å². The van der Waals surface area contributed by atoms with Gasteiger partial charge in [0.15, 0.2) is 5.82 Å². The number of fused-ring (bicyclic) bond motifs is 1. The summed E-state index contributed by atoms with van der Waals surface area (Å²) in [5.74, 6) is 0.812. The number of aryl methyl sites for hydroxylation is 1. The predicted molar refractivity (Wildman–Crippen MR) is 110 cm³/mol. The van der Waals surface area contributed by atoms with Gasteiger partial charge in [0.1, 0.15) is 17.1 Å². The van der Waals surface area contributed by atoms with Crippen molar-refractivity contribution in [3.63, 3.8) is 0 Å². The van der Waals surface area contributed by atoms with Crippen LogP contribution < -0.4 is 0 Å². The number of hydrogen-bond donors (Lipinski definition) is 1. The van der Waals surface area contributed by atoms with Gasteiger partial charge < -0.3 is 9.51 Å². The Morgan fingerprint density at radius 3 is 2.70 bits per heavy atom. The van der Waals surface area contributed by atoms with E-state index in [-0.39, 0.29) is 11.4 Å². The van der Waals surface area contributed by atoms with E-state index in [2.05, 4.69) is 20.2 Å². The third kappa shape index (κ3) is 3.12. The number of H-pyrrole nitrogens is 1. The van der Waals surface area contributed by atoms with Crippen LogP contribution in [0.4, 0.5) is 0 Å². The van der Waals surface area contributed by atoms with Crippen LogP contribution in [0.3, 0.4) is 0 Å². The first-order chi connectivity index (χ1) is 14.4. The van der Waals surface area contributed by atoms with E-state index in [9.17, 15) is 8.42 Å². The van der Waals surface area contributed by atoms with Gasteiger partial charge >= 0.3 is 0 Å². The molecule has 0 saturated carbocycles. The maximum Gasteiger partial charge on any atom is 0.274 e. The van der Waals surface area contributed by atoms with Crippen LogP contribution in [-0.4, -0.2) is 50.7 Å². The Labute approximate surface area is 173 Å². The van der Waals surface area contributed by atoms with Crippen LogP contribution in [0.5, 0.6) is 0 Å². The second kappa shape index (κ2) is 7.06. The zero-order valence-corrected chi connectivity index (χ0v) is 17.6. The molecule has 0 unspecified atom stereocenters. The van der Waals surface area contributed by atoms with Crippen LogP contribution in [0.2, 0.25) is 0 Å². The Morgan fingerprint density at radius 1 is 1.17 bits per heavy atom. The number of sulfonamides is 1. The van der Waals surface area contributed by atoms with Crippen molar-refractivity contribution in [2.45, 2.75) is 38.1 Å². The van der Waals surface area contributed by atoms with Crippen molar-refractivity contribution in [3.8, 4) is 11.6 Å². The normalized spacial score (nSPS) is 15.4. The van der Waals surface area contributed by atoms with E-state index in [1.165, 1.54) is 4.31 Å².